The first kappa shape index (κ1) is 12.7. The number of benzene rings is 1. The summed E-state index contributed by atoms with van der Waals surface area (Å²) in [5, 5.41) is 3.30. The van der Waals surface area contributed by atoms with E-state index in [4.69, 9.17) is 9.15 Å². The predicted molar refractivity (Wildman–Crippen MR) is 71.7 cm³/mol. The van der Waals surface area contributed by atoms with Gasteiger partial charge in [0.2, 0.25) is 0 Å². The van der Waals surface area contributed by atoms with Gasteiger partial charge in [-0.05, 0) is 30.2 Å². The van der Waals surface area contributed by atoms with E-state index in [1.807, 2.05) is 18.2 Å². The van der Waals surface area contributed by atoms with Crippen molar-refractivity contribution in [3.8, 4) is 5.75 Å². The van der Waals surface area contributed by atoms with Crippen LogP contribution in [0.15, 0.2) is 47.3 Å². The molecule has 0 amide bonds. The second kappa shape index (κ2) is 6.87. The summed E-state index contributed by atoms with van der Waals surface area (Å²) in [6, 6.07) is 10.2. The molecule has 0 aliphatic rings. The van der Waals surface area contributed by atoms with Crippen molar-refractivity contribution in [2.75, 3.05) is 13.2 Å². The third kappa shape index (κ3) is 3.93. The number of furan rings is 1. The molecule has 1 aromatic heterocycles. The Hall–Kier alpha value is -1.74. The molecule has 1 heterocycles. The number of rotatable bonds is 7. The van der Waals surface area contributed by atoms with Crippen LogP contribution in [0, 0.1) is 0 Å². The summed E-state index contributed by atoms with van der Waals surface area (Å²) < 4.78 is 10.7. The maximum absolute atomic E-state index is 5.68. The number of ether oxygens (including phenoxy) is 1. The monoisotopic (exact) mass is 245 g/mol. The Kier molecular flexibility index (Phi) is 4.85. The molecule has 2 rings (SSSR count). The van der Waals surface area contributed by atoms with E-state index in [9.17, 15) is 0 Å². The van der Waals surface area contributed by atoms with Crippen LogP contribution in [0.25, 0.3) is 0 Å². The zero-order chi connectivity index (χ0) is 12.6. The van der Waals surface area contributed by atoms with Crippen molar-refractivity contribution in [3.63, 3.8) is 0 Å². The summed E-state index contributed by atoms with van der Waals surface area (Å²) in [4.78, 5) is 0. The summed E-state index contributed by atoms with van der Waals surface area (Å²) in [6.45, 7) is 4.45. The average Bonchev–Trinajstić information content (AvgIpc) is 2.92. The van der Waals surface area contributed by atoms with Crippen LogP contribution in [-0.4, -0.2) is 13.2 Å². The molecule has 0 saturated carbocycles. The van der Waals surface area contributed by atoms with Crippen LogP contribution in [0.3, 0.4) is 0 Å². The van der Waals surface area contributed by atoms with Crippen LogP contribution in [0.4, 0.5) is 0 Å². The van der Waals surface area contributed by atoms with Crippen LogP contribution >= 0.6 is 0 Å². The fraction of sp³-hybridized carbons (Fsp3) is 0.333. The highest BCUT2D eigenvalue weighted by Gasteiger charge is 1.96. The highest BCUT2D eigenvalue weighted by molar-refractivity contribution is 5.28. The van der Waals surface area contributed by atoms with E-state index in [1.165, 1.54) is 5.56 Å². The normalized spacial score (nSPS) is 10.5. The fourth-order valence-corrected chi connectivity index (χ4v) is 1.72. The lowest BCUT2D eigenvalue weighted by Gasteiger charge is -2.08. The van der Waals surface area contributed by atoms with Gasteiger partial charge in [0.1, 0.15) is 12.4 Å². The van der Waals surface area contributed by atoms with E-state index in [-0.39, 0.29) is 0 Å². The molecule has 0 saturated heterocycles. The molecule has 0 aliphatic carbocycles. The number of hydrogen-bond donors (Lipinski definition) is 1. The first-order chi connectivity index (χ1) is 8.88. The molecular weight excluding hydrogens is 226 g/mol. The molecule has 0 radical (unpaired) electrons. The predicted octanol–water partition coefficient (Wildman–Crippen LogP) is 3.01. The average molecular weight is 245 g/mol. The largest absolute Gasteiger partial charge is 0.492 e. The van der Waals surface area contributed by atoms with Gasteiger partial charge in [0.05, 0.1) is 12.5 Å². The summed E-state index contributed by atoms with van der Waals surface area (Å²) in [5.74, 6) is 0.944. The number of nitrogens with one attached hydrogen (secondary N) is 1. The Morgan fingerprint density at radius 3 is 2.94 bits per heavy atom. The molecule has 1 N–H and O–H groups in total. The molecule has 1 aromatic carbocycles. The zero-order valence-electron chi connectivity index (χ0n) is 10.7. The lowest BCUT2D eigenvalue weighted by atomic mass is 10.2. The van der Waals surface area contributed by atoms with E-state index >= 15 is 0 Å². The van der Waals surface area contributed by atoms with Gasteiger partial charge in [-0.1, -0.05) is 19.1 Å². The van der Waals surface area contributed by atoms with Gasteiger partial charge in [0, 0.05) is 18.7 Å². The van der Waals surface area contributed by atoms with Gasteiger partial charge in [-0.25, -0.2) is 0 Å². The Morgan fingerprint density at radius 1 is 1.22 bits per heavy atom. The Bertz CT molecular complexity index is 451. The quantitative estimate of drug-likeness (QED) is 0.761. The van der Waals surface area contributed by atoms with Gasteiger partial charge in [0.15, 0.2) is 0 Å². The smallest absolute Gasteiger partial charge is 0.119 e. The molecule has 0 atom stereocenters. The topological polar surface area (TPSA) is 34.4 Å². The van der Waals surface area contributed by atoms with Crippen molar-refractivity contribution in [2.24, 2.45) is 0 Å². The molecule has 0 spiro atoms. The highest BCUT2D eigenvalue weighted by Crippen LogP contribution is 2.13. The minimum atomic E-state index is 0.672. The third-order valence-electron chi connectivity index (χ3n) is 2.76. The summed E-state index contributed by atoms with van der Waals surface area (Å²) in [7, 11) is 0. The molecule has 0 fully saturated rings. The van der Waals surface area contributed by atoms with Gasteiger partial charge < -0.3 is 14.5 Å². The van der Waals surface area contributed by atoms with Gasteiger partial charge in [0.25, 0.3) is 0 Å². The third-order valence-corrected chi connectivity index (χ3v) is 2.76. The standard InChI is InChI=1S/C15H19NO2/c1-2-13-4-3-5-15(10-13)18-9-7-16-11-14-6-8-17-12-14/h3-6,8,10,12,16H,2,7,9,11H2,1H3. The Balaban J connectivity index is 1.65. The number of hydrogen-bond acceptors (Lipinski definition) is 3. The zero-order valence-corrected chi connectivity index (χ0v) is 10.7. The van der Waals surface area contributed by atoms with Crippen LogP contribution in [0.2, 0.25) is 0 Å². The van der Waals surface area contributed by atoms with Gasteiger partial charge in [-0.15, -0.1) is 0 Å². The summed E-state index contributed by atoms with van der Waals surface area (Å²) >= 11 is 0. The maximum Gasteiger partial charge on any atom is 0.119 e. The van der Waals surface area contributed by atoms with Crippen molar-refractivity contribution in [1.82, 2.24) is 5.32 Å². The molecule has 0 aliphatic heterocycles. The number of aryl methyl sites for hydroxylation is 1. The first-order valence-electron chi connectivity index (χ1n) is 6.32. The molecule has 0 unspecified atom stereocenters. The SMILES string of the molecule is CCc1cccc(OCCNCc2ccoc2)c1. The lowest BCUT2D eigenvalue weighted by molar-refractivity contribution is 0.313. The van der Waals surface area contributed by atoms with Gasteiger partial charge in [-0.2, -0.15) is 0 Å². The molecule has 3 heteroatoms. The summed E-state index contributed by atoms with van der Waals surface area (Å²) in [5.41, 5.74) is 2.46. The molecule has 18 heavy (non-hydrogen) atoms. The lowest BCUT2D eigenvalue weighted by Crippen LogP contribution is -2.20. The van der Waals surface area contributed by atoms with Gasteiger partial charge in [-0.3, -0.25) is 0 Å². The van der Waals surface area contributed by atoms with Crippen LogP contribution in [0.5, 0.6) is 5.75 Å². The minimum absolute atomic E-state index is 0.672. The van der Waals surface area contributed by atoms with Crippen molar-refractivity contribution < 1.29 is 9.15 Å². The minimum Gasteiger partial charge on any atom is -0.492 e. The van der Waals surface area contributed by atoms with E-state index in [0.717, 1.165) is 30.8 Å². The Labute approximate surface area is 108 Å². The fourth-order valence-electron chi connectivity index (χ4n) is 1.72. The van der Waals surface area contributed by atoms with E-state index in [2.05, 4.69) is 24.4 Å². The molecule has 2 aromatic rings. The molecule has 96 valence electrons. The summed E-state index contributed by atoms with van der Waals surface area (Å²) in [6.07, 6.45) is 4.47. The van der Waals surface area contributed by atoms with Crippen LogP contribution in [-0.2, 0) is 13.0 Å². The maximum atomic E-state index is 5.68. The highest BCUT2D eigenvalue weighted by atomic mass is 16.5. The van der Waals surface area contributed by atoms with E-state index < -0.39 is 0 Å². The Morgan fingerprint density at radius 2 is 2.17 bits per heavy atom. The second-order valence-electron chi connectivity index (χ2n) is 4.16. The van der Waals surface area contributed by atoms with E-state index in [1.54, 1.807) is 12.5 Å². The van der Waals surface area contributed by atoms with Gasteiger partial charge >= 0.3 is 0 Å². The van der Waals surface area contributed by atoms with Crippen LogP contribution < -0.4 is 10.1 Å². The van der Waals surface area contributed by atoms with Crippen molar-refractivity contribution in [3.05, 3.63) is 54.0 Å². The second-order valence-corrected chi connectivity index (χ2v) is 4.16. The van der Waals surface area contributed by atoms with Crippen molar-refractivity contribution in [2.45, 2.75) is 19.9 Å². The first-order valence-corrected chi connectivity index (χ1v) is 6.32. The molecular formula is C15H19NO2. The van der Waals surface area contributed by atoms with Crippen LogP contribution in [0.1, 0.15) is 18.1 Å². The molecule has 0 bridgehead atoms. The van der Waals surface area contributed by atoms with Crippen molar-refractivity contribution >= 4 is 0 Å². The van der Waals surface area contributed by atoms with Crippen molar-refractivity contribution in [1.29, 1.82) is 0 Å². The van der Waals surface area contributed by atoms with E-state index in [0.29, 0.717) is 6.61 Å². The molecule has 3 nitrogen and oxygen atoms in total.